The van der Waals surface area contributed by atoms with Crippen LogP contribution in [-0.4, -0.2) is 5.11 Å². The van der Waals surface area contributed by atoms with Gasteiger partial charge in [0.05, 0.1) is 6.10 Å². The van der Waals surface area contributed by atoms with Crippen molar-refractivity contribution in [1.82, 2.24) is 0 Å². The van der Waals surface area contributed by atoms with Crippen LogP contribution >= 0.6 is 27.3 Å². The second-order valence-corrected chi connectivity index (χ2v) is 10.3. The molecule has 0 amide bonds. The lowest BCUT2D eigenvalue weighted by molar-refractivity contribution is 0.151. The number of hydrogen-bond acceptors (Lipinski definition) is 2. The fraction of sp³-hybridized carbons (Fsp3) is 0.385. The SMILES string of the molecule is CC(C)CC(F)c1ccc(Br)cc1.CC(C)CC(O)c1ccc(-c2cccs2)cc1. The van der Waals surface area contributed by atoms with Gasteiger partial charge in [0, 0.05) is 9.35 Å². The van der Waals surface area contributed by atoms with Crippen LogP contribution in [0, 0.1) is 11.8 Å². The molecular formula is C26H32BrFOS. The van der Waals surface area contributed by atoms with Gasteiger partial charge in [-0.1, -0.05) is 86.1 Å². The highest BCUT2D eigenvalue weighted by molar-refractivity contribution is 9.10. The first kappa shape index (κ1) is 24.8. The molecule has 3 rings (SSSR count). The van der Waals surface area contributed by atoms with Crippen LogP contribution in [0.5, 0.6) is 0 Å². The molecule has 0 saturated carbocycles. The molecule has 0 aliphatic heterocycles. The molecule has 30 heavy (non-hydrogen) atoms. The van der Waals surface area contributed by atoms with E-state index < -0.39 is 6.17 Å². The Balaban J connectivity index is 0.000000222. The Morgan fingerprint density at radius 2 is 1.40 bits per heavy atom. The van der Waals surface area contributed by atoms with Crippen molar-refractivity contribution in [2.45, 2.75) is 52.8 Å². The summed E-state index contributed by atoms with van der Waals surface area (Å²) in [6.45, 7) is 8.32. The first-order valence-electron chi connectivity index (χ1n) is 10.5. The molecule has 1 aromatic heterocycles. The maximum Gasteiger partial charge on any atom is 0.125 e. The van der Waals surface area contributed by atoms with Crippen molar-refractivity contribution in [3.8, 4) is 10.4 Å². The molecule has 1 nitrogen and oxygen atoms in total. The summed E-state index contributed by atoms with van der Waals surface area (Å²) in [4.78, 5) is 1.27. The highest BCUT2D eigenvalue weighted by atomic mass is 79.9. The Morgan fingerprint density at radius 3 is 1.90 bits per heavy atom. The van der Waals surface area contributed by atoms with Crippen LogP contribution in [0.1, 0.15) is 63.9 Å². The van der Waals surface area contributed by atoms with Crippen molar-refractivity contribution in [2.75, 3.05) is 0 Å². The molecule has 0 radical (unpaired) electrons. The van der Waals surface area contributed by atoms with E-state index in [4.69, 9.17) is 0 Å². The molecule has 1 heterocycles. The van der Waals surface area contributed by atoms with Crippen molar-refractivity contribution < 1.29 is 9.50 Å². The van der Waals surface area contributed by atoms with Gasteiger partial charge in [-0.15, -0.1) is 11.3 Å². The van der Waals surface area contributed by atoms with E-state index in [2.05, 4.69) is 59.4 Å². The maximum atomic E-state index is 13.5. The van der Waals surface area contributed by atoms with E-state index in [1.165, 1.54) is 10.4 Å². The second kappa shape index (κ2) is 12.4. The van der Waals surface area contributed by atoms with E-state index in [1.807, 2.05) is 50.2 Å². The first-order chi connectivity index (χ1) is 14.3. The Morgan fingerprint density at radius 1 is 0.833 bits per heavy atom. The standard InChI is InChI=1S/C15H18OS.C11H14BrF/c1-11(2)10-14(16)12-5-7-13(8-6-12)15-4-3-9-17-15;1-8(2)7-11(13)9-3-5-10(12)6-4-9/h3-9,11,14,16H,10H2,1-2H3;3-6,8,11H,7H2,1-2H3. The predicted octanol–water partition coefficient (Wildman–Crippen LogP) is 9.00. The van der Waals surface area contributed by atoms with Gasteiger partial charge in [-0.3, -0.25) is 0 Å². The summed E-state index contributed by atoms with van der Waals surface area (Å²) in [6.07, 6.45) is 0.250. The number of hydrogen-bond donors (Lipinski definition) is 1. The minimum Gasteiger partial charge on any atom is -0.388 e. The van der Waals surface area contributed by atoms with Crippen LogP contribution in [-0.2, 0) is 0 Å². The molecule has 3 aromatic rings. The second-order valence-electron chi connectivity index (χ2n) is 8.39. The fourth-order valence-electron chi connectivity index (χ4n) is 3.12. The van der Waals surface area contributed by atoms with E-state index in [-0.39, 0.29) is 6.10 Å². The van der Waals surface area contributed by atoms with Crippen LogP contribution in [0.15, 0.2) is 70.5 Å². The molecule has 0 spiro atoms. The van der Waals surface area contributed by atoms with Gasteiger partial charge in [-0.25, -0.2) is 4.39 Å². The van der Waals surface area contributed by atoms with Gasteiger partial charge < -0.3 is 5.11 Å². The van der Waals surface area contributed by atoms with Crippen molar-refractivity contribution in [3.63, 3.8) is 0 Å². The zero-order chi connectivity index (χ0) is 22.1. The lowest BCUT2D eigenvalue weighted by Crippen LogP contribution is -2.01. The highest BCUT2D eigenvalue weighted by Gasteiger charge is 2.11. The molecular weight excluding hydrogens is 459 g/mol. The smallest absolute Gasteiger partial charge is 0.125 e. The summed E-state index contributed by atoms with van der Waals surface area (Å²) in [5.74, 6) is 0.917. The largest absolute Gasteiger partial charge is 0.388 e. The summed E-state index contributed by atoms with van der Waals surface area (Å²) in [6, 6.07) is 19.8. The Kier molecular flexibility index (Phi) is 10.2. The lowest BCUT2D eigenvalue weighted by Gasteiger charge is -2.13. The molecule has 0 bridgehead atoms. The molecule has 0 aliphatic carbocycles. The summed E-state index contributed by atoms with van der Waals surface area (Å²) < 4.78 is 14.5. The number of benzene rings is 2. The van der Waals surface area contributed by atoms with Crippen molar-refractivity contribution in [3.05, 3.63) is 81.6 Å². The third kappa shape index (κ3) is 8.33. The van der Waals surface area contributed by atoms with E-state index in [9.17, 15) is 9.50 Å². The topological polar surface area (TPSA) is 20.2 Å². The van der Waals surface area contributed by atoms with Gasteiger partial charge in [0.2, 0.25) is 0 Å². The third-order valence-corrected chi connectivity index (χ3v) is 6.15. The van der Waals surface area contributed by atoms with Crippen LogP contribution in [0.2, 0.25) is 0 Å². The number of alkyl halides is 1. The van der Waals surface area contributed by atoms with Crippen LogP contribution in [0.4, 0.5) is 4.39 Å². The lowest BCUT2D eigenvalue weighted by atomic mass is 9.98. The van der Waals surface area contributed by atoms with Crippen LogP contribution in [0.25, 0.3) is 10.4 Å². The summed E-state index contributed by atoms with van der Waals surface area (Å²) >= 11 is 5.06. The number of rotatable bonds is 7. The molecule has 2 unspecified atom stereocenters. The Bertz CT molecular complexity index is 842. The molecule has 0 saturated heterocycles. The zero-order valence-corrected chi connectivity index (χ0v) is 20.6. The molecule has 1 N–H and O–H groups in total. The quantitative estimate of drug-likeness (QED) is 0.350. The van der Waals surface area contributed by atoms with Gasteiger partial charge in [-0.2, -0.15) is 0 Å². The number of thiophene rings is 1. The Hall–Kier alpha value is -1.49. The normalized spacial score (nSPS) is 13.1. The monoisotopic (exact) mass is 490 g/mol. The summed E-state index contributed by atoms with van der Waals surface area (Å²) in [5, 5.41) is 12.1. The molecule has 2 atom stereocenters. The van der Waals surface area contributed by atoms with E-state index in [0.29, 0.717) is 18.3 Å². The molecule has 162 valence electrons. The first-order valence-corrected chi connectivity index (χ1v) is 12.1. The van der Waals surface area contributed by atoms with E-state index in [1.54, 1.807) is 11.3 Å². The summed E-state index contributed by atoms with van der Waals surface area (Å²) in [7, 11) is 0. The minimum atomic E-state index is -0.826. The highest BCUT2D eigenvalue weighted by Crippen LogP contribution is 2.28. The van der Waals surface area contributed by atoms with E-state index in [0.717, 1.165) is 22.0 Å². The van der Waals surface area contributed by atoms with Crippen molar-refractivity contribution in [1.29, 1.82) is 0 Å². The summed E-state index contributed by atoms with van der Waals surface area (Å²) in [5.41, 5.74) is 3.01. The van der Waals surface area contributed by atoms with Gasteiger partial charge in [0.1, 0.15) is 6.17 Å². The molecule has 4 heteroatoms. The van der Waals surface area contributed by atoms with Crippen molar-refractivity contribution in [2.24, 2.45) is 11.8 Å². The number of aliphatic hydroxyl groups is 1. The van der Waals surface area contributed by atoms with Gasteiger partial charge in [-0.05, 0) is 64.9 Å². The molecule has 0 aliphatic rings. The molecule has 0 fully saturated rings. The van der Waals surface area contributed by atoms with Crippen LogP contribution < -0.4 is 0 Å². The zero-order valence-electron chi connectivity index (χ0n) is 18.2. The minimum absolute atomic E-state index is 0.340. The van der Waals surface area contributed by atoms with E-state index >= 15 is 0 Å². The van der Waals surface area contributed by atoms with Gasteiger partial charge in [0.15, 0.2) is 0 Å². The molecule has 2 aromatic carbocycles. The fourth-order valence-corrected chi connectivity index (χ4v) is 4.11. The average Bonchev–Trinajstić information content (AvgIpc) is 3.23. The Labute approximate surface area is 193 Å². The van der Waals surface area contributed by atoms with Crippen LogP contribution in [0.3, 0.4) is 0 Å². The number of halogens is 2. The maximum absolute atomic E-state index is 13.5. The van der Waals surface area contributed by atoms with Crippen molar-refractivity contribution >= 4 is 27.3 Å². The number of aliphatic hydroxyl groups excluding tert-OH is 1. The average molecular weight is 492 g/mol. The van der Waals surface area contributed by atoms with Gasteiger partial charge in [0.25, 0.3) is 0 Å². The third-order valence-electron chi connectivity index (χ3n) is 4.71. The van der Waals surface area contributed by atoms with Gasteiger partial charge >= 0.3 is 0 Å². The predicted molar refractivity (Wildman–Crippen MR) is 132 cm³/mol.